The molecule has 0 aliphatic carbocycles. The molecule has 0 spiro atoms. The second-order valence-electron chi connectivity index (χ2n) is 2.95. The first kappa shape index (κ1) is 9.25. The van der Waals surface area contributed by atoms with Gasteiger partial charge in [-0.3, -0.25) is 0 Å². The van der Waals surface area contributed by atoms with Gasteiger partial charge < -0.3 is 0 Å². The quantitative estimate of drug-likeness (QED) is 0.467. The van der Waals surface area contributed by atoms with E-state index in [4.69, 9.17) is 5.73 Å². The summed E-state index contributed by atoms with van der Waals surface area (Å²) in [5.41, 5.74) is 6.41. The molecule has 2 rings (SSSR count). The molecule has 0 amide bonds. The van der Waals surface area contributed by atoms with Crippen molar-refractivity contribution in [2.24, 2.45) is 10.7 Å². The molecule has 0 unspecified atom stereocenters. The number of hydrogen-bond acceptors (Lipinski definition) is 1. The Morgan fingerprint density at radius 1 is 1.07 bits per heavy atom. The van der Waals surface area contributed by atoms with Crippen LogP contribution in [-0.4, -0.2) is 20.7 Å². The molecule has 0 saturated carbocycles. The average molecular weight is 248 g/mol. The molecule has 2 nitrogen and oxygen atoms in total. The maximum atomic E-state index is 5.51. The van der Waals surface area contributed by atoms with Gasteiger partial charge in [-0.15, -0.1) is 0 Å². The van der Waals surface area contributed by atoms with Crippen molar-refractivity contribution in [2.45, 2.75) is 0 Å². The molecular formula is C11H9N2Se. The van der Waals surface area contributed by atoms with Gasteiger partial charge in [-0.1, -0.05) is 0 Å². The minimum absolute atomic E-state index is 0.460. The van der Waals surface area contributed by atoms with Crippen LogP contribution in [-0.2, 0) is 0 Å². The van der Waals surface area contributed by atoms with E-state index in [2.05, 4.69) is 33.1 Å². The van der Waals surface area contributed by atoms with Crippen LogP contribution in [0.3, 0.4) is 0 Å². The summed E-state index contributed by atoms with van der Waals surface area (Å²) in [6.07, 6.45) is 0. The summed E-state index contributed by atoms with van der Waals surface area (Å²) >= 11 is 2.68. The SMILES string of the molecule is NC([Se])=Nc1cccc2ccccc12. The fourth-order valence-corrected chi connectivity index (χ4v) is 1.63. The third-order valence-corrected chi connectivity index (χ3v) is 2.19. The van der Waals surface area contributed by atoms with E-state index in [1.165, 1.54) is 5.39 Å². The van der Waals surface area contributed by atoms with Crippen molar-refractivity contribution in [1.29, 1.82) is 0 Å². The van der Waals surface area contributed by atoms with Gasteiger partial charge in [0.05, 0.1) is 0 Å². The molecule has 0 heterocycles. The molecular weight excluding hydrogens is 239 g/mol. The fourth-order valence-electron chi connectivity index (χ4n) is 1.42. The minimum atomic E-state index is 0.460. The number of amidine groups is 1. The Morgan fingerprint density at radius 2 is 1.79 bits per heavy atom. The first-order valence-electron chi connectivity index (χ1n) is 4.26. The molecule has 0 aliphatic rings. The third kappa shape index (κ3) is 1.79. The molecule has 0 aliphatic heterocycles. The Balaban J connectivity index is 2.71. The number of nitrogens with zero attached hydrogens (tertiary/aromatic N) is 1. The molecule has 0 fully saturated rings. The number of nitrogens with two attached hydrogens (primary N) is 1. The van der Waals surface area contributed by atoms with Crippen molar-refractivity contribution >= 4 is 37.2 Å². The zero-order valence-electron chi connectivity index (χ0n) is 7.47. The molecule has 0 bridgehead atoms. The molecule has 1 radical (unpaired) electrons. The van der Waals surface area contributed by atoms with Crippen LogP contribution in [0, 0.1) is 0 Å². The number of fused-ring (bicyclic) bond motifs is 1. The predicted octanol–water partition coefficient (Wildman–Crippen LogP) is 1.95. The topological polar surface area (TPSA) is 38.4 Å². The Morgan fingerprint density at radius 3 is 2.57 bits per heavy atom. The van der Waals surface area contributed by atoms with Crippen molar-refractivity contribution in [3.8, 4) is 0 Å². The number of hydrogen-bond donors (Lipinski definition) is 1. The number of aliphatic imine (C=N–C) groups is 1. The first-order valence-corrected chi connectivity index (χ1v) is 5.12. The molecule has 2 N–H and O–H groups in total. The Bertz CT molecular complexity index is 482. The zero-order chi connectivity index (χ0) is 9.97. The second-order valence-corrected chi connectivity index (χ2v) is 3.83. The monoisotopic (exact) mass is 249 g/mol. The van der Waals surface area contributed by atoms with Crippen LogP contribution >= 0.6 is 0 Å². The van der Waals surface area contributed by atoms with Crippen molar-refractivity contribution in [2.75, 3.05) is 0 Å². The third-order valence-electron chi connectivity index (χ3n) is 2.00. The van der Waals surface area contributed by atoms with Crippen LogP contribution in [0.4, 0.5) is 5.69 Å². The van der Waals surface area contributed by atoms with Crippen LogP contribution in [0.5, 0.6) is 0 Å². The van der Waals surface area contributed by atoms with E-state index in [9.17, 15) is 0 Å². The van der Waals surface area contributed by atoms with E-state index in [0.717, 1.165) is 11.1 Å². The number of rotatable bonds is 1. The van der Waals surface area contributed by atoms with E-state index >= 15 is 0 Å². The summed E-state index contributed by atoms with van der Waals surface area (Å²) in [5.74, 6) is 0. The summed E-state index contributed by atoms with van der Waals surface area (Å²) in [6, 6.07) is 14.1. The van der Waals surface area contributed by atoms with Crippen LogP contribution < -0.4 is 5.73 Å². The molecule has 3 heteroatoms. The van der Waals surface area contributed by atoms with Crippen molar-refractivity contribution in [3.63, 3.8) is 0 Å². The molecule has 2 aromatic rings. The van der Waals surface area contributed by atoms with E-state index in [1.807, 2.05) is 30.3 Å². The Labute approximate surface area is 90.6 Å². The van der Waals surface area contributed by atoms with Crippen molar-refractivity contribution in [1.82, 2.24) is 0 Å². The van der Waals surface area contributed by atoms with Crippen LogP contribution in [0.2, 0.25) is 0 Å². The van der Waals surface area contributed by atoms with Crippen LogP contribution in [0.25, 0.3) is 10.8 Å². The second kappa shape index (κ2) is 3.82. The van der Waals surface area contributed by atoms with Gasteiger partial charge in [-0.2, -0.15) is 0 Å². The first-order chi connectivity index (χ1) is 6.77. The normalized spacial score (nSPS) is 11.9. The average Bonchev–Trinajstić information content (AvgIpc) is 2.18. The molecule has 69 valence electrons. The van der Waals surface area contributed by atoms with Gasteiger partial charge >= 0.3 is 90.4 Å². The molecule has 0 aromatic heterocycles. The van der Waals surface area contributed by atoms with E-state index in [-0.39, 0.29) is 0 Å². The zero-order valence-corrected chi connectivity index (χ0v) is 9.19. The summed E-state index contributed by atoms with van der Waals surface area (Å²) in [5, 5.41) is 2.29. The summed E-state index contributed by atoms with van der Waals surface area (Å²) in [4.78, 5) is 4.23. The Hall–Kier alpha value is -1.31. The molecule has 0 saturated heterocycles. The van der Waals surface area contributed by atoms with E-state index in [1.54, 1.807) is 0 Å². The van der Waals surface area contributed by atoms with E-state index < -0.39 is 0 Å². The summed E-state index contributed by atoms with van der Waals surface area (Å²) in [7, 11) is 0. The van der Waals surface area contributed by atoms with Gasteiger partial charge in [0, 0.05) is 0 Å². The fraction of sp³-hybridized carbons (Fsp3) is 0. The van der Waals surface area contributed by atoms with Gasteiger partial charge in [-0.25, -0.2) is 0 Å². The van der Waals surface area contributed by atoms with Crippen molar-refractivity contribution in [3.05, 3.63) is 42.5 Å². The number of benzene rings is 2. The van der Waals surface area contributed by atoms with Gasteiger partial charge in [-0.05, 0) is 0 Å². The van der Waals surface area contributed by atoms with Gasteiger partial charge in [0.15, 0.2) is 0 Å². The van der Waals surface area contributed by atoms with Crippen molar-refractivity contribution < 1.29 is 0 Å². The van der Waals surface area contributed by atoms with Crippen LogP contribution in [0.1, 0.15) is 0 Å². The molecule has 0 atom stereocenters. The van der Waals surface area contributed by atoms with Gasteiger partial charge in [0.25, 0.3) is 0 Å². The standard InChI is InChI=1S/C11H9N2Se/c12-11(14)13-10-7-3-5-8-4-1-2-6-9(8)10/h1-7H,(H2,12,13). The maximum absolute atomic E-state index is 5.51. The summed E-state index contributed by atoms with van der Waals surface area (Å²) < 4.78 is 0.460. The van der Waals surface area contributed by atoms with Gasteiger partial charge in [0.1, 0.15) is 0 Å². The van der Waals surface area contributed by atoms with Gasteiger partial charge in [0.2, 0.25) is 0 Å². The molecule has 2 aromatic carbocycles. The summed E-state index contributed by atoms with van der Waals surface area (Å²) in [6.45, 7) is 0. The predicted molar refractivity (Wildman–Crippen MR) is 61.0 cm³/mol. The molecule has 14 heavy (non-hydrogen) atoms. The Kier molecular flexibility index (Phi) is 2.53. The van der Waals surface area contributed by atoms with E-state index in [0.29, 0.717) is 4.73 Å². The van der Waals surface area contributed by atoms with Crippen LogP contribution in [0.15, 0.2) is 47.5 Å².